The number of hydrogen-bond acceptors (Lipinski definition) is 3. The number of rotatable bonds is 6. The first-order valence-electron chi connectivity index (χ1n) is 11.1. The zero-order valence-corrected chi connectivity index (χ0v) is 17.3. The molecule has 27 heavy (non-hydrogen) atoms. The molecule has 4 rings (SSSR count). The fourth-order valence-corrected chi connectivity index (χ4v) is 5.95. The van der Waals surface area contributed by atoms with Crippen molar-refractivity contribution in [2.45, 2.75) is 96.1 Å². The Bertz CT molecular complexity index is 657. The van der Waals surface area contributed by atoms with E-state index in [0.29, 0.717) is 11.8 Å². The molecule has 0 unspecified atom stereocenters. The van der Waals surface area contributed by atoms with Gasteiger partial charge in [-0.15, -0.1) is 0 Å². The van der Waals surface area contributed by atoms with E-state index in [2.05, 4.69) is 25.2 Å². The van der Waals surface area contributed by atoms with E-state index in [1.807, 2.05) is 13.8 Å². The normalized spacial score (nSPS) is 40.0. The van der Waals surface area contributed by atoms with Crippen LogP contribution in [0.15, 0.2) is 34.9 Å². The summed E-state index contributed by atoms with van der Waals surface area (Å²) in [6.07, 6.45) is 18.0. The number of unbranched alkanes of at least 4 members (excludes halogenated alkanes) is 3. The van der Waals surface area contributed by atoms with E-state index in [-0.39, 0.29) is 18.3 Å². The molecule has 0 bridgehead atoms. The Morgan fingerprint density at radius 1 is 1.19 bits per heavy atom. The molecule has 3 nitrogen and oxygen atoms in total. The van der Waals surface area contributed by atoms with Gasteiger partial charge in [0.15, 0.2) is 5.79 Å². The van der Waals surface area contributed by atoms with Crippen molar-refractivity contribution in [1.82, 2.24) is 0 Å². The highest BCUT2D eigenvalue weighted by atomic mass is 16.8. The van der Waals surface area contributed by atoms with Gasteiger partial charge in [-0.1, -0.05) is 63.7 Å². The Morgan fingerprint density at radius 3 is 2.81 bits per heavy atom. The van der Waals surface area contributed by atoms with Crippen molar-refractivity contribution in [3.63, 3.8) is 0 Å². The molecule has 3 heteroatoms. The Kier molecular flexibility index (Phi) is 5.39. The van der Waals surface area contributed by atoms with Gasteiger partial charge in [-0.2, -0.15) is 0 Å². The fourth-order valence-electron chi connectivity index (χ4n) is 5.95. The van der Waals surface area contributed by atoms with E-state index in [9.17, 15) is 5.11 Å². The number of hydrogen-bond donors (Lipinski definition) is 1. The molecule has 1 heterocycles. The maximum absolute atomic E-state index is 10.0. The van der Waals surface area contributed by atoms with Crippen LogP contribution in [0.5, 0.6) is 0 Å². The Hall–Kier alpha value is -0.900. The van der Waals surface area contributed by atoms with Crippen molar-refractivity contribution in [1.29, 1.82) is 0 Å². The van der Waals surface area contributed by atoms with Crippen LogP contribution in [0.3, 0.4) is 0 Å². The van der Waals surface area contributed by atoms with Gasteiger partial charge in [-0.25, -0.2) is 0 Å². The third-order valence-electron chi connectivity index (χ3n) is 7.03. The molecule has 2 fully saturated rings. The van der Waals surface area contributed by atoms with Crippen molar-refractivity contribution in [3.05, 3.63) is 34.9 Å². The van der Waals surface area contributed by atoms with E-state index >= 15 is 0 Å². The quantitative estimate of drug-likeness (QED) is 0.630. The van der Waals surface area contributed by atoms with Crippen LogP contribution >= 0.6 is 0 Å². The van der Waals surface area contributed by atoms with Crippen LogP contribution in [0, 0.1) is 11.8 Å². The summed E-state index contributed by atoms with van der Waals surface area (Å²) < 4.78 is 13.0. The summed E-state index contributed by atoms with van der Waals surface area (Å²) in [6, 6.07) is 0. The van der Waals surface area contributed by atoms with Crippen molar-refractivity contribution >= 4 is 0 Å². The average molecular weight is 373 g/mol. The van der Waals surface area contributed by atoms with Gasteiger partial charge in [0.05, 0.1) is 6.61 Å². The summed E-state index contributed by atoms with van der Waals surface area (Å²) >= 11 is 0. The average Bonchev–Trinajstić information content (AvgIpc) is 2.74. The number of aliphatic hydroxyl groups is 1. The molecule has 0 aromatic rings. The SMILES string of the molecule is CCCCCC[C@@H]1/C=C\C=C(\CO)C2=C3[C@H]1CCCC[C@@]31OC(C)(C)O[C@@H]21. The molecule has 1 spiro atoms. The molecule has 150 valence electrons. The van der Waals surface area contributed by atoms with Gasteiger partial charge in [0.25, 0.3) is 0 Å². The molecule has 4 aliphatic rings. The van der Waals surface area contributed by atoms with Crippen LogP contribution < -0.4 is 0 Å². The molecule has 3 aliphatic carbocycles. The van der Waals surface area contributed by atoms with Gasteiger partial charge in [0, 0.05) is 0 Å². The van der Waals surface area contributed by atoms with Gasteiger partial charge in [0.1, 0.15) is 11.7 Å². The molecule has 0 aromatic heterocycles. The lowest BCUT2D eigenvalue weighted by molar-refractivity contribution is -0.154. The molecular weight excluding hydrogens is 336 g/mol. The molecular formula is C24H36O3. The van der Waals surface area contributed by atoms with Crippen molar-refractivity contribution < 1.29 is 14.6 Å². The predicted molar refractivity (Wildman–Crippen MR) is 108 cm³/mol. The van der Waals surface area contributed by atoms with E-state index in [1.54, 1.807) is 0 Å². The Morgan fingerprint density at radius 2 is 2.04 bits per heavy atom. The highest BCUT2D eigenvalue weighted by molar-refractivity contribution is 5.58. The van der Waals surface area contributed by atoms with Gasteiger partial charge in [0.2, 0.25) is 0 Å². The summed E-state index contributed by atoms with van der Waals surface area (Å²) in [5.74, 6) is 0.557. The van der Waals surface area contributed by atoms with E-state index in [0.717, 1.165) is 12.0 Å². The maximum atomic E-state index is 10.0. The second-order valence-electron chi connectivity index (χ2n) is 9.32. The maximum Gasteiger partial charge on any atom is 0.165 e. The number of aliphatic hydroxyl groups excluding tert-OH is 1. The Labute approximate surface area is 164 Å². The summed E-state index contributed by atoms with van der Waals surface area (Å²) in [5, 5.41) is 10.0. The van der Waals surface area contributed by atoms with Gasteiger partial charge < -0.3 is 14.6 Å². The van der Waals surface area contributed by atoms with Crippen LogP contribution in [-0.4, -0.2) is 29.2 Å². The van der Waals surface area contributed by atoms with Gasteiger partial charge >= 0.3 is 0 Å². The van der Waals surface area contributed by atoms with Crippen LogP contribution in [0.2, 0.25) is 0 Å². The predicted octanol–water partition coefficient (Wildman–Crippen LogP) is 5.45. The summed E-state index contributed by atoms with van der Waals surface area (Å²) in [6.45, 7) is 6.43. The summed E-state index contributed by atoms with van der Waals surface area (Å²) in [5.41, 5.74) is 3.51. The van der Waals surface area contributed by atoms with E-state index < -0.39 is 5.79 Å². The molecule has 4 atom stereocenters. The standard InChI is InChI=1S/C24H36O3/c1-4-5-6-7-11-17-12-10-13-18(16-25)20-21-19(17)14-8-9-15-24(21)22(20)26-23(2,3)27-24/h10,12-13,17,19,22,25H,4-9,11,14-16H2,1-3H3/b12-10-,18-13-/t17-,19+,22+,24-/m1/s1. The van der Waals surface area contributed by atoms with E-state index in [1.165, 1.54) is 62.5 Å². The molecule has 0 radical (unpaired) electrons. The van der Waals surface area contributed by atoms with Crippen LogP contribution in [0.25, 0.3) is 0 Å². The first-order valence-corrected chi connectivity index (χ1v) is 11.1. The largest absolute Gasteiger partial charge is 0.392 e. The molecule has 1 saturated heterocycles. The second-order valence-corrected chi connectivity index (χ2v) is 9.32. The molecule has 0 amide bonds. The third kappa shape index (κ3) is 3.26. The van der Waals surface area contributed by atoms with E-state index in [4.69, 9.17) is 9.47 Å². The highest BCUT2D eigenvalue weighted by Crippen LogP contribution is 2.62. The van der Waals surface area contributed by atoms with Crippen molar-refractivity contribution in [2.24, 2.45) is 11.8 Å². The summed E-state index contributed by atoms with van der Waals surface area (Å²) in [7, 11) is 0. The molecule has 1 N–H and O–H groups in total. The van der Waals surface area contributed by atoms with Crippen molar-refractivity contribution in [3.8, 4) is 0 Å². The first kappa shape index (κ1) is 19.4. The van der Waals surface area contributed by atoms with Gasteiger partial charge in [-0.05, 0) is 61.7 Å². The number of allylic oxidation sites excluding steroid dienone is 3. The lowest BCUT2D eigenvalue weighted by atomic mass is 9.59. The molecule has 1 saturated carbocycles. The smallest absolute Gasteiger partial charge is 0.165 e. The number of ether oxygens (including phenoxy) is 2. The zero-order valence-electron chi connectivity index (χ0n) is 17.3. The Balaban J connectivity index is 1.70. The monoisotopic (exact) mass is 372 g/mol. The minimum Gasteiger partial charge on any atom is -0.392 e. The lowest BCUT2D eigenvalue weighted by Gasteiger charge is -2.50. The lowest BCUT2D eigenvalue weighted by Crippen LogP contribution is -2.55. The topological polar surface area (TPSA) is 38.7 Å². The minimum absolute atomic E-state index is 0.00580. The molecule has 0 aromatic carbocycles. The zero-order chi connectivity index (χ0) is 19.1. The van der Waals surface area contributed by atoms with Crippen LogP contribution in [-0.2, 0) is 9.47 Å². The second kappa shape index (κ2) is 7.50. The van der Waals surface area contributed by atoms with Gasteiger partial charge in [-0.3, -0.25) is 0 Å². The first-order chi connectivity index (χ1) is 13.0. The number of fused-ring (bicyclic) bond motifs is 1. The van der Waals surface area contributed by atoms with Crippen LogP contribution in [0.4, 0.5) is 0 Å². The minimum atomic E-state index is -0.550. The fraction of sp³-hybridized carbons (Fsp3) is 0.750. The van der Waals surface area contributed by atoms with Crippen LogP contribution in [0.1, 0.15) is 78.6 Å². The highest BCUT2D eigenvalue weighted by Gasteiger charge is 2.66. The summed E-state index contributed by atoms with van der Waals surface area (Å²) in [4.78, 5) is 0. The molecule has 1 aliphatic heterocycles. The third-order valence-corrected chi connectivity index (χ3v) is 7.03. The van der Waals surface area contributed by atoms with Crippen molar-refractivity contribution in [2.75, 3.05) is 6.61 Å².